The zero-order chi connectivity index (χ0) is 6.85. The third-order valence-electron chi connectivity index (χ3n) is 0.926. The van der Waals surface area contributed by atoms with Crippen LogP contribution in [0.1, 0.15) is 0 Å². The molecule has 0 spiro atoms. The number of aromatic amines is 1. The Morgan fingerprint density at radius 3 is 2.78 bits per heavy atom. The lowest BCUT2D eigenvalue weighted by Gasteiger charge is -1.93. The number of H-pyrrole nitrogens is 1. The van der Waals surface area contributed by atoms with E-state index in [-0.39, 0.29) is 0 Å². The van der Waals surface area contributed by atoms with Crippen molar-refractivity contribution in [2.24, 2.45) is 0 Å². The van der Waals surface area contributed by atoms with Crippen LogP contribution in [0, 0.1) is 4.51 Å². The highest BCUT2D eigenvalue weighted by atomic mass is 35.5. The van der Waals surface area contributed by atoms with Gasteiger partial charge in [0.05, 0.1) is 9.53 Å². The van der Waals surface area contributed by atoms with Crippen LogP contribution in [0.5, 0.6) is 0 Å². The molecule has 0 radical (unpaired) electrons. The summed E-state index contributed by atoms with van der Waals surface area (Å²) in [5.74, 6) is 0.421. The summed E-state index contributed by atoms with van der Waals surface area (Å²) in [6, 6.07) is 1.69. The molecule has 2 nitrogen and oxygen atoms in total. The van der Waals surface area contributed by atoms with Gasteiger partial charge in [0.15, 0.2) is 0 Å². The Balaban J connectivity index is 3.43. The van der Waals surface area contributed by atoms with Gasteiger partial charge < -0.3 is 10.7 Å². The Bertz CT molecular complexity index is 268. The lowest BCUT2D eigenvalue weighted by atomic mass is 10.5. The van der Waals surface area contributed by atoms with Gasteiger partial charge in [-0.2, -0.15) is 0 Å². The minimum atomic E-state index is 0.421. The van der Waals surface area contributed by atoms with Gasteiger partial charge in [0.1, 0.15) is 5.82 Å². The van der Waals surface area contributed by atoms with E-state index in [4.69, 9.17) is 29.6 Å². The fraction of sp³-hybridized carbons (Fsp3) is 0. The Morgan fingerprint density at radius 2 is 2.33 bits per heavy atom. The van der Waals surface area contributed by atoms with Crippen molar-refractivity contribution in [3.8, 4) is 0 Å². The Morgan fingerprint density at radius 1 is 1.67 bits per heavy atom. The summed E-state index contributed by atoms with van der Waals surface area (Å²) >= 11 is 10.4. The molecule has 0 aliphatic rings. The van der Waals surface area contributed by atoms with Gasteiger partial charge in [0, 0.05) is 6.20 Å². The third kappa shape index (κ3) is 1.23. The fourth-order valence-electron chi connectivity index (χ4n) is 0.476. The lowest BCUT2D eigenvalue weighted by molar-refractivity contribution is 1.33. The number of nitrogens with two attached hydrogens (primary N) is 1. The first-order valence-electron chi connectivity index (χ1n) is 2.34. The van der Waals surface area contributed by atoms with Crippen LogP contribution in [0.15, 0.2) is 12.3 Å². The molecule has 0 amide bonds. The Labute approximate surface area is 62.7 Å². The van der Waals surface area contributed by atoms with Gasteiger partial charge >= 0.3 is 0 Å². The summed E-state index contributed by atoms with van der Waals surface area (Å²) in [4.78, 5) is 2.72. The summed E-state index contributed by atoms with van der Waals surface area (Å²) in [5.41, 5.74) is 5.37. The zero-order valence-corrected chi connectivity index (χ0v) is 6.09. The van der Waals surface area contributed by atoms with E-state index in [1.807, 2.05) is 0 Å². The molecule has 0 aliphatic carbocycles. The van der Waals surface area contributed by atoms with Gasteiger partial charge in [0.25, 0.3) is 0 Å². The number of nitrogens with one attached hydrogen (secondary N) is 1. The standard InChI is InChI=1S/C5H5ClN2S/c6-4-3(9)1-2-8-5(4)7/h1-2H,(H3,7,8,9). The predicted octanol–water partition coefficient (Wildman–Crippen LogP) is 1.98. The van der Waals surface area contributed by atoms with Gasteiger partial charge in [-0.1, -0.05) is 23.8 Å². The molecule has 0 fully saturated rings. The molecule has 0 saturated carbocycles. The lowest BCUT2D eigenvalue weighted by Crippen LogP contribution is -1.89. The van der Waals surface area contributed by atoms with E-state index < -0.39 is 0 Å². The first-order chi connectivity index (χ1) is 4.22. The number of hydrogen-bond acceptors (Lipinski definition) is 2. The quantitative estimate of drug-likeness (QED) is 0.570. The maximum absolute atomic E-state index is 5.62. The highest BCUT2D eigenvalue weighted by Crippen LogP contribution is 2.15. The molecule has 1 rings (SSSR count). The number of anilines is 1. The summed E-state index contributed by atoms with van der Waals surface area (Å²) < 4.78 is 0.577. The van der Waals surface area contributed by atoms with Gasteiger partial charge in [-0.3, -0.25) is 0 Å². The van der Waals surface area contributed by atoms with Crippen LogP contribution < -0.4 is 5.73 Å². The van der Waals surface area contributed by atoms with E-state index in [0.717, 1.165) is 0 Å². The summed E-state index contributed by atoms with van der Waals surface area (Å²) in [6.45, 7) is 0. The van der Waals surface area contributed by atoms with Crippen molar-refractivity contribution in [3.05, 3.63) is 21.8 Å². The number of hydrogen-bond donors (Lipinski definition) is 2. The molecule has 0 unspecified atom stereocenters. The molecule has 0 saturated heterocycles. The molecule has 0 bridgehead atoms. The number of aromatic nitrogens is 1. The molecule has 0 aliphatic heterocycles. The highest BCUT2D eigenvalue weighted by Gasteiger charge is 1.93. The molecular weight excluding hydrogens is 156 g/mol. The first-order valence-corrected chi connectivity index (χ1v) is 3.13. The smallest absolute Gasteiger partial charge is 0.121 e. The van der Waals surface area contributed by atoms with Crippen molar-refractivity contribution in [3.63, 3.8) is 0 Å². The largest absolute Gasteiger partial charge is 0.384 e. The van der Waals surface area contributed by atoms with Crippen molar-refractivity contribution in [2.75, 3.05) is 5.73 Å². The molecule has 48 valence electrons. The second-order valence-corrected chi connectivity index (χ2v) is 2.39. The highest BCUT2D eigenvalue weighted by molar-refractivity contribution is 7.71. The maximum atomic E-state index is 5.62. The summed E-state index contributed by atoms with van der Waals surface area (Å²) in [7, 11) is 0. The van der Waals surface area contributed by atoms with E-state index in [2.05, 4.69) is 4.98 Å². The van der Waals surface area contributed by atoms with Gasteiger partial charge in [0.2, 0.25) is 0 Å². The van der Waals surface area contributed by atoms with Crippen LogP contribution in [0.4, 0.5) is 5.82 Å². The molecule has 0 aromatic carbocycles. The zero-order valence-electron chi connectivity index (χ0n) is 4.52. The molecule has 1 aromatic rings. The maximum Gasteiger partial charge on any atom is 0.121 e. The van der Waals surface area contributed by atoms with Gasteiger partial charge in [-0.05, 0) is 6.07 Å². The van der Waals surface area contributed by atoms with Crippen molar-refractivity contribution in [1.82, 2.24) is 4.98 Å². The molecular formula is C5H5ClN2S. The Hall–Kier alpha value is -0.540. The van der Waals surface area contributed by atoms with Crippen molar-refractivity contribution >= 4 is 29.6 Å². The van der Waals surface area contributed by atoms with E-state index in [0.29, 0.717) is 15.4 Å². The average Bonchev–Trinajstić information content (AvgIpc) is 1.83. The SMILES string of the molecule is Nc1[nH]ccc(=S)c1Cl. The normalized spacial score (nSPS) is 9.44. The Kier molecular flexibility index (Phi) is 1.73. The van der Waals surface area contributed by atoms with Crippen LogP contribution in [0.3, 0.4) is 0 Å². The van der Waals surface area contributed by atoms with Crippen molar-refractivity contribution in [1.29, 1.82) is 0 Å². The van der Waals surface area contributed by atoms with Crippen LogP contribution in [0.2, 0.25) is 5.02 Å². The third-order valence-corrected chi connectivity index (χ3v) is 1.79. The molecule has 3 N–H and O–H groups in total. The van der Waals surface area contributed by atoms with Crippen LogP contribution in [0.25, 0.3) is 0 Å². The topological polar surface area (TPSA) is 41.8 Å². The molecule has 1 heterocycles. The predicted molar refractivity (Wildman–Crippen MR) is 41.0 cm³/mol. The fourth-order valence-corrected chi connectivity index (χ4v) is 0.772. The summed E-state index contributed by atoms with van der Waals surface area (Å²) in [6.07, 6.45) is 1.66. The van der Waals surface area contributed by atoms with E-state index >= 15 is 0 Å². The van der Waals surface area contributed by atoms with Crippen molar-refractivity contribution in [2.45, 2.75) is 0 Å². The number of halogens is 1. The molecule has 9 heavy (non-hydrogen) atoms. The minimum Gasteiger partial charge on any atom is -0.384 e. The van der Waals surface area contributed by atoms with E-state index in [1.54, 1.807) is 12.3 Å². The second kappa shape index (κ2) is 2.37. The molecule has 1 aromatic heterocycles. The number of rotatable bonds is 0. The van der Waals surface area contributed by atoms with Crippen LogP contribution >= 0.6 is 23.8 Å². The number of pyridine rings is 1. The summed E-state index contributed by atoms with van der Waals surface area (Å²) in [5, 5.41) is 0.424. The van der Waals surface area contributed by atoms with Gasteiger partial charge in [-0.15, -0.1) is 0 Å². The molecule has 0 atom stereocenters. The van der Waals surface area contributed by atoms with Gasteiger partial charge in [-0.25, -0.2) is 0 Å². The van der Waals surface area contributed by atoms with Crippen molar-refractivity contribution < 1.29 is 0 Å². The van der Waals surface area contributed by atoms with Crippen LogP contribution in [-0.2, 0) is 0 Å². The monoisotopic (exact) mass is 160 g/mol. The average molecular weight is 161 g/mol. The second-order valence-electron chi connectivity index (χ2n) is 1.57. The van der Waals surface area contributed by atoms with Crippen LogP contribution in [-0.4, -0.2) is 4.98 Å². The molecule has 4 heteroatoms. The first kappa shape index (κ1) is 6.58. The minimum absolute atomic E-state index is 0.421. The van der Waals surface area contributed by atoms with E-state index in [9.17, 15) is 0 Å². The number of nitrogen functional groups attached to an aromatic ring is 1. The van der Waals surface area contributed by atoms with E-state index in [1.165, 1.54) is 0 Å².